The minimum absolute atomic E-state index is 0.0827. The van der Waals surface area contributed by atoms with Crippen molar-refractivity contribution in [2.24, 2.45) is 23.7 Å². The number of fused-ring (bicyclic) bond motifs is 4. The summed E-state index contributed by atoms with van der Waals surface area (Å²) in [6.07, 6.45) is 3.51. The van der Waals surface area contributed by atoms with Gasteiger partial charge in [-0.05, 0) is 73.2 Å². The Kier molecular flexibility index (Phi) is 7.37. The number of halogens is 1. The first-order valence-electron chi connectivity index (χ1n) is 16.7. The third-order valence-corrected chi connectivity index (χ3v) is 11.2. The predicted molar refractivity (Wildman–Crippen MR) is 184 cm³/mol. The van der Waals surface area contributed by atoms with E-state index < -0.39 is 52.5 Å². The number of hydrogen-bond donors (Lipinski definition) is 1. The van der Waals surface area contributed by atoms with Crippen molar-refractivity contribution in [3.8, 4) is 5.75 Å². The van der Waals surface area contributed by atoms with Gasteiger partial charge in [-0.2, -0.15) is 0 Å². The van der Waals surface area contributed by atoms with Gasteiger partial charge < -0.3 is 5.11 Å². The molecule has 2 fully saturated rings. The predicted octanol–water partition coefficient (Wildman–Crippen LogP) is 6.76. The summed E-state index contributed by atoms with van der Waals surface area (Å²) in [6, 6.07) is 28.3. The van der Waals surface area contributed by atoms with Gasteiger partial charge >= 0.3 is 0 Å². The Bertz CT molecular complexity index is 2170. The molecule has 6 atom stereocenters. The molecule has 4 aromatic carbocycles. The van der Waals surface area contributed by atoms with Crippen LogP contribution in [-0.2, 0) is 24.6 Å². The van der Waals surface area contributed by atoms with Gasteiger partial charge in [-0.3, -0.25) is 28.9 Å². The van der Waals surface area contributed by atoms with E-state index in [1.54, 1.807) is 84.9 Å². The molecule has 6 unspecified atom stereocenters. The number of phenolic OH excluding ortho intramolecular Hbond substituents is 1. The van der Waals surface area contributed by atoms with Crippen molar-refractivity contribution >= 4 is 40.4 Å². The fourth-order valence-electron chi connectivity index (χ4n) is 9.08. The molecule has 50 heavy (non-hydrogen) atoms. The number of rotatable bonds is 5. The summed E-state index contributed by atoms with van der Waals surface area (Å²) in [5, 5.41) is 11.3. The van der Waals surface area contributed by atoms with Gasteiger partial charge in [0.1, 0.15) is 0 Å². The topological polar surface area (TPSA) is 109 Å². The summed E-state index contributed by atoms with van der Waals surface area (Å²) in [5.41, 5.74) is 1.34. The summed E-state index contributed by atoms with van der Waals surface area (Å²) >= 11 is 0. The van der Waals surface area contributed by atoms with Crippen molar-refractivity contribution < 1.29 is 33.5 Å². The maximum absolute atomic E-state index is 15.3. The van der Waals surface area contributed by atoms with Crippen LogP contribution in [0.1, 0.15) is 52.7 Å². The fraction of sp³-hybridized carbons (Fsp3) is 0.214. The van der Waals surface area contributed by atoms with Crippen LogP contribution in [0.5, 0.6) is 5.75 Å². The van der Waals surface area contributed by atoms with Crippen molar-refractivity contribution in [1.82, 2.24) is 0 Å². The molecule has 4 aromatic rings. The normalized spacial score (nSPS) is 27.2. The third-order valence-electron chi connectivity index (χ3n) is 11.2. The number of Topliss-reactive ketones (excluding diaryl/α,β-unsaturated/α-hetero) is 2. The van der Waals surface area contributed by atoms with Crippen LogP contribution >= 0.6 is 0 Å². The Hall–Kier alpha value is -5.76. The van der Waals surface area contributed by atoms with E-state index in [0.29, 0.717) is 28.0 Å². The van der Waals surface area contributed by atoms with Crippen LogP contribution < -0.4 is 4.90 Å². The largest absolute Gasteiger partial charge is 0.505 e. The molecule has 1 N–H and O–H groups in total. The number of aromatic hydroxyl groups is 1. The number of amides is 2. The van der Waals surface area contributed by atoms with Crippen LogP contribution in [0.3, 0.4) is 0 Å². The number of carbonyl (C=O) groups is 5. The molecule has 4 aliphatic rings. The molecule has 1 heterocycles. The van der Waals surface area contributed by atoms with Crippen molar-refractivity contribution in [3.05, 3.63) is 149 Å². The number of benzene rings is 4. The van der Waals surface area contributed by atoms with E-state index in [9.17, 15) is 24.3 Å². The Morgan fingerprint density at radius 2 is 1.50 bits per heavy atom. The molecule has 0 radical (unpaired) electrons. The molecule has 0 spiro atoms. The van der Waals surface area contributed by atoms with Gasteiger partial charge in [-0.15, -0.1) is 0 Å². The summed E-state index contributed by atoms with van der Waals surface area (Å²) in [5.74, 6) is -7.43. The lowest BCUT2D eigenvalue weighted by Crippen LogP contribution is -2.58. The molecule has 3 aliphatic carbocycles. The zero-order valence-corrected chi connectivity index (χ0v) is 27.1. The second kappa shape index (κ2) is 11.7. The maximum Gasteiger partial charge on any atom is 0.238 e. The van der Waals surface area contributed by atoms with Crippen LogP contribution in [0.15, 0.2) is 121 Å². The second-order valence-electron chi connectivity index (χ2n) is 13.6. The summed E-state index contributed by atoms with van der Waals surface area (Å²) in [7, 11) is 0. The number of phenols is 1. The number of para-hydroxylation sites is 1. The Morgan fingerprint density at radius 3 is 2.18 bits per heavy atom. The summed E-state index contributed by atoms with van der Waals surface area (Å²) < 4.78 is 15.3. The highest BCUT2D eigenvalue weighted by Crippen LogP contribution is 2.64. The highest BCUT2D eigenvalue weighted by molar-refractivity contribution is 6.32. The smallest absolute Gasteiger partial charge is 0.238 e. The van der Waals surface area contributed by atoms with Crippen LogP contribution in [-0.4, -0.2) is 34.3 Å². The Morgan fingerprint density at radius 1 is 0.820 bits per heavy atom. The molecule has 2 amide bonds. The van der Waals surface area contributed by atoms with E-state index in [1.165, 1.54) is 19.1 Å². The molecule has 0 aromatic heterocycles. The van der Waals surface area contributed by atoms with Crippen LogP contribution in [0.4, 0.5) is 10.1 Å². The van der Waals surface area contributed by atoms with E-state index >= 15 is 9.18 Å². The number of imide groups is 1. The highest BCUT2D eigenvalue weighted by atomic mass is 19.1. The van der Waals surface area contributed by atoms with Crippen molar-refractivity contribution in [3.63, 3.8) is 0 Å². The quantitative estimate of drug-likeness (QED) is 0.143. The SMILES string of the molecule is CC(=O)c1ccc(N2C(=O)C3CC=C4C(CC5C(=O)C(c6ccccc6)=CC(=O)C5(c5ccccc5)C4c4cccc(F)c4O)C3C2=O)cc1. The monoisotopic (exact) mass is 665 g/mol. The first-order chi connectivity index (χ1) is 24.1. The lowest BCUT2D eigenvalue weighted by atomic mass is 9.44. The Labute approximate surface area is 287 Å². The average molecular weight is 666 g/mol. The van der Waals surface area contributed by atoms with Crippen molar-refractivity contribution in [2.75, 3.05) is 4.90 Å². The number of hydrogen-bond acceptors (Lipinski definition) is 6. The molecule has 7 nitrogen and oxygen atoms in total. The zero-order chi connectivity index (χ0) is 34.9. The van der Waals surface area contributed by atoms with Crippen molar-refractivity contribution in [2.45, 2.75) is 31.1 Å². The van der Waals surface area contributed by atoms with Gasteiger partial charge in [0.25, 0.3) is 0 Å². The van der Waals surface area contributed by atoms with Gasteiger partial charge in [0.15, 0.2) is 28.9 Å². The fourth-order valence-corrected chi connectivity index (χ4v) is 9.08. The number of anilines is 1. The molecule has 248 valence electrons. The molecule has 1 saturated carbocycles. The molecule has 8 rings (SSSR count). The first-order valence-corrected chi connectivity index (χ1v) is 16.7. The maximum atomic E-state index is 15.3. The first kappa shape index (κ1) is 31.5. The van der Waals surface area contributed by atoms with E-state index in [-0.39, 0.29) is 47.2 Å². The number of allylic oxidation sites excluding steroid dienone is 4. The molecular formula is C42H32FNO6. The second-order valence-corrected chi connectivity index (χ2v) is 13.6. The van der Waals surface area contributed by atoms with E-state index in [4.69, 9.17) is 0 Å². The summed E-state index contributed by atoms with van der Waals surface area (Å²) in [4.78, 5) is 71.5. The highest BCUT2D eigenvalue weighted by Gasteiger charge is 2.66. The van der Waals surface area contributed by atoms with Crippen LogP contribution in [0, 0.1) is 29.5 Å². The summed E-state index contributed by atoms with van der Waals surface area (Å²) in [6.45, 7) is 1.43. The van der Waals surface area contributed by atoms with Gasteiger partial charge in [0.2, 0.25) is 11.8 Å². The standard InChI is InChI=1S/C42H32FNO6/c1-23(45)24-15-17-27(18-16-24)44-40(49)29-20-19-28-32(36(29)41(44)50)21-33-38(47)31(25-9-4-2-5-10-25)22-35(46)42(33,26-11-6-3-7-12-26)37(28)30-13-8-14-34(43)39(30)48/h2-19,22,29,32-33,36-37,48H,20-21H2,1H3. The lowest BCUT2D eigenvalue weighted by Gasteiger charge is -2.55. The number of carbonyl (C=O) groups excluding carboxylic acids is 5. The minimum atomic E-state index is -1.58. The van der Waals surface area contributed by atoms with Gasteiger partial charge in [0.05, 0.1) is 22.9 Å². The molecule has 1 saturated heterocycles. The Balaban J connectivity index is 1.34. The third kappa shape index (κ3) is 4.44. The molecular weight excluding hydrogens is 633 g/mol. The van der Waals surface area contributed by atoms with Gasteiger partial charge in [-0.25, -0.2) is 4.39 Å². The number of ketones is 3. The molecule has 8 heteroatoms. The molecule has 1 aliphatic heterocycles. The van der Waals surface area contributed by atoms with Crippen molar-refractivity contribution in [1.29, 1.82) is 0 Å². The van der Waals surface area contributed by atoms with E-state index in [0.717, 1.165) is 11.0 Å². The number of nitrogens with zero attached hydrogens (tertiary/aromatic N) is 1. The van der Waals surface area contributed by atoms with E-state index in [2.05, 4.69) is 0 Å². The van der Waals surface area contributed by atoms with Crippen LogP contribution in [0.2, 0.25) is 0 Å². The zero-order valence-electron chi connectivity index (χ0n) is 27.1. The van der Waals surface area contributed by atoms with Crippen LogP contribution in [0.25, 0.3) is 5.57 Å². The average Bonchev–Trinajstić information content (AvgIpc) is 3.39. The lowest BCUT2D eigenvalue weighted by molar-refractivity contribution is -0.135. The minimum Gasteiger partial charge on any atom is -0.505 e. The van der Waals surface area contributed by atoms with Gasteiger partial charge in [-0.1, -0.05) is 84.4 Å². The van der Waals surface area contributed by atoms with Gasteiger partial charge in [0, 0.05) is 28.5 Å². The molecule has 0 bridgehead atoms. The van der Waals surface area contributed by atoms with E-state index in [1.807, 2.05) is 12.1 Å².